The Kier molecular flexibility index (Phi) is 3.28. The lowest BCUT2D eigenvalue weighted by molar-refractivity contribution is 0.646. The summed E-state index contributed by atoms with van der Waals surface area (Å²) in [7, 11) is 2.15. The molecule has 2 aromatic rings. The van der Waals surface area contributed by atoms with E-state index < -0.39 is 0 Å². The summed E-state index contributed by atoms with van der Waals surface area (Å²) in [5.41, 5.74) is 4.06. The molecule has 0 aliphatic carbocycles. The van der Waals surface area contributed by atoms with E-state index in [1.165, 1.54) is 26.7 Å². The molecule has 1 nitrogen and oxygen atoms in total. The number of hydrogen-bond acceptors (Lipinski definition) is 2. The standard InChI is InChI=1S/C17H19NS/c1-12(2)10-13-8-9-15-17(11-13)19-16-7-5-4-6-14(16)18(15)3/h4-9,11-12H,10H2,1-3H3. The van der Waals surface area contributed by atoms with Gasteiger partial charge in [-0.05, 0) is 42.2 Å². The van der Waals surface area contributed by atoms with Gasteiger partial charge in [-0.3, -0.25) is 0 Å². The summed E-state index contributed by atoms with van der Waals surface area (Å²) in [6.07, 6.45) is 1.15. The van der Waals surface area contributed by atoms with Crippen molar-refractivity contribution in [3.63, 3.8) is 0 Å². The lowest BCUT2D eigenvalue weighted by atomic mass is 10.0. The number of fused-ring (bicyclic) bond motifs is 2. The Morgan fingerprint density at radius 2 is 1.74 bits per heavy atom. The molecule has 1 heterocycles. The van der Waals surface area contributed by atoms with E-state index in [0.29, 0.717) is 5.92 Å². The summed E-state index contributed by atoms with van der Waals surface area (Å²) in [5.74, 6) is 0.705. The number of nitrogens with zero attached hydrogens (tertiary/aromatic N) is 1. The predicted molar refractivity (Wildman–Crippen MR) is 83.6 cm³/mol. The molecule has 0 radical (unpaired) electrons. The van der Waals surface area contributed by atoms with Crippen molar-refractivity contribution in [1.29, 1.82) is 0 Å². The zero-order valence-electron chi connectivity index (χ0n) is 11.7. The van der Waals surface area contributed by atoms with Gasteiger partial charge in [0, 0.05) is 16.8 Å². The van der Waals surface area contributed by atoms with Crippen LogP contribution in [0.25, 0.3) is 0 Å². The minimum absolute atomic E-state index is 0.705. The second-order valence-electron chi connectivity index (χ2n) is 5.53. The van der Waals surface area contributed by atoms with Crippen LogP contribution in [0, 0.1) is 5.92 Å². The Morgan fingerprint density at radius 3 is 2.53 bits per heavy atom. The van der Waals surface area contributed by atoms with Gasteiger partial charge in [0.1, 0.15) is 0 Å². The van der Waals surface area contributed by atoms with Crippen LogP contribution in [0.4, 0.5) is 11.4 Å². The maximum Gasteiger partial charge on any atom is 0.0550 e. The van der Waals surface area contributed by atoms with E-state index in [0.717, 1.165) is 6.42 Å². The number of rotatable bonds is 2. The molecule has 1 aliphatic rings. The van der Waals surface area contributed by atoms with Crippen LogP contribution in [0.5, 0.6) is 0 Å². The molecule has 0 aromatic heterocycles. The van der Waals surface area contributed by atoms with Gasteiger partial charge in [0.05, 0.1) is 11.4 Å². The highest BCUT2D eigenvalue weighted by Crippen LogP contribution is 2.47. The van der Waals surface area contributed by atoms with Gasteiger partial charge in [0.25, 0.3) is 0 Å². The minimum atomic E-state index is 0.705. The first-order valence-electron chi connectivity index (χ1n) is 6.78. The highest BCUT2D eigenvalue weighted by Gasteiger charge is 2.20. The quantitative estimate of drug-likeness (QED) is 0.744. The highest BCUT2D eigenvalue weighted by atomic mass is 32.2. The van der Waals surface area contributed by atoms with E-state index in [1.54, 1.807) is 0 Å². The molecule has 0 N–H and O–H groups in total. The molecule has 2 heteroatoms. The van der Waals surface area contributed by atoms with Crippen LogP contribution in [0.3, 0.4) is 0 Å². The number of anilines is 2. The van der Waals surface area contributed by atoms with Crippen LogP contribution in [-0.2, 0) is 6.42 Å². The topological polar surface area (TPSA) is 3.24 Å². The predicted octanol–water partition coefficient (Wildman–Crippen LogP) is 5.12. The third-order valence-corrected chi connectivity index (χ3v) is 4.59. The van der Waals surface area contributed by atoms with Crippen molar-refractivity contribution in [3.05, 3.63) is 48.0 Å². The molecule has 0 unspecified atom stereocenters. The van der Waals surface area contributed by atoms with Gasteiger partial charge in [-0.15, -0.1) is 0 Å². The van der Waals surface area contributed by atoms with Gasteiger partial charge in [-0.2, -0.15) is 0 Å². The van der Waals surface area contributed by atoms with E-state index >= 15 is 0 Å². The van der Waals surface area contributed by atoms with E-state index in [-0.39, 0.29) is 0 Å². The van der Waals surface area contributed by atoms with Gasteiger partial charge in [0.15, 0.2) is 0 Å². The Morgan fingerprint density at radius 1 is 1.00 bits per heavy atom. The molecule has 0 bridgehead atoms. The highest BCUT2D eigenvalue weighted by molar-refractivity contribution is 7.99. The molecular weight excluding hydrogens is 250 g/mol. The number of benzene rings is 2. The van der Waals surface area contributed by atoms with Crippen molar-refractivity contribution in [2.45, 2.75) is 30.1 Å². The van der Waals surface area contributed by atoms with Gasteiger partial charge < -0.3 is 4.90 Å². The summed E-state index contributed by atoms with van der Waals surface area (Å²) in [6, 6.07) is 15.5. The van der Waals surface area contributed by atoms with Crippen LogP contribution in [0.2, 0.25) is 0 Å². The molecule has 3 rings (SSSR count). The van der Waals surface area contributed by atoms with Gasteiger partial charge in [-0.25, -0.2) is 0 Å². The zero-order chi connectivity index (χ0) is 13.4. The van der Waals surface area contributed by atoms with E-state index in [1.807, 2.05) is 11.8 Å². The maximum absolute atomic E-state index is 2.35. The third kappa shape index (κ3) is 2.37. The first-order valence-corrected chi connectivity index (χ1v) is 7.60. The first kappa shape index (κ1) is 12.6. The minimum Gasteiger partial charge on any atom is -0.343 e. The average molecular weight is 269 g/mol. The lowest BCUT2D eigenvalue weighted by Gasteiger charge is -2.29. The molecule has 98 valence electrons. The largest absolute Gasteiger partial charge is 0.343 e. The smallest absolute Gasteiger partial charge is 0.0550 e. The Hall–Kier alpha value is -1.41. The fourth-order valence-corrected chi connectivity index (χ4v) is 3.80. The van der Waals surface area contributed by atoms with E-state index in [9.17, 15) is 0 Å². The lowest BCUT2D eigenvalue weighted by Crippen LogP contribution is -2.14. The van der Waals surface area contributed by atoms with E-state index in [2.05, 4.69) is 68.3 Å². The van der Waals surface area contributed by atoms with Crippen LogP contribution in [-0.4, -0.2) is 7.05 Å². The van der Waals surface area contributed by atoms with Crippen molar-refractivity contribution >= 4 is 23.1 Å². The molecule has 0 amide bonds. The molecule has 0 saturated carbocycles. The van der Waals surface area contributed by atoms with Crippen molar-refractivity contribution < 1.29 is 0 Å². The van der Waals surface area contributed by atoms with Crippen molar-refractivity contribution in [1.82, 2.24) is 0 Å². The summed E-state index contributed by atoms with van der Waals surface area (Å²) >= 11 is 1.89. The monoisotopic (exact) mass is 269 g/mol. The van der Waals surface area contributed by atoms with Gasteiger partial charge >= 0.3 is 0 Å². The van der Waals surface area contributed by atoms with Crippen LogP contribution >= 0.6 is 11.8 Å². The number of para-hydroxylation sites is 1. The van der Waals surface area contributed by atoms with Gasteiger partial charge in [0.2, 0.25) is 0 Å². The molecule has 0 atom stereocenters. The Labute approximate surface area is 119 Å². The molecule has 1 aliphatic heterocycles. The molecule has 0 saturated heterocycles. The average Bonchev–Trinajstić information content (AvgIpc) is 2.38. The Bertz CT molecular complexity index is 604. The molecular formula is C17H19NS. The van der Waals surface area contributed by atoms with Crippen LogP contribution in [0.15, 0.2) is 52.3 Å². The normalized spacial score (nSPS) is 13.4. The summed E-state index contributed by atoms with van der Waals surface area (Å²) in [5, 5.41) is 0. The van der Waals surface area contributed by atoms with Crippen molar-refractivity contribution in [2.24, 2.45) is 5.92 Å². The Balaban J connectivity index is 2.00. The van der Waals surface area contributed by atoms with Crippen molar-refractivity contribution in [3.8, 4) is 0 Å². The fourth-order valence-electron chi connectivity index (χ4n) is 2.58. The summed E-state index contributed by atoms with van der Waals surface area (Å²) in [4.78, 5) is 5.01. The first-order chi connectivity index (χ1) is 9.15. The second kappa shape index (κ2) is 4.93. The summed E-state index contributed by atoms with van der Waals surface area (Å²) < 4.78 is 0. The second-order valence-corrected chi connectivity index (χ2v) is 6.61. The van der Waals surface area contributed by atoms with Crippen LogP contribution < -0.4 is 4.90 Å². The molecule has 2 aromatic carbocycles. The van der Waals surface area contributed by atoms with Gasteiger partial charge in [-0.1, -0.05) is 43.8 Å². The van der Waals surface area contributed by atoms with Crippen LogP contribution in [0.1, 0.15) is 19.4 Å². The fraction of sp³-hybridized carbons (Fsp3) is 0.294. The maximum atomic E-state index is 2.35. The summed E-state index contributed by atoms with van der Waals surface area (Å²) in [6.45, 7) is 4.54. The molecule has 0 fully saturated rings. The van der Waals surface area contributed by atoms with Crippen molar-refractivity contribution in [2.75, 3.05) is 11.9 Å². The van der Waals surface area contributed by atoms with E-state index in [4.69, 9.17) is 0 Å². The SMILES string of the molecule is CC(C)Cc1ccc2c(c1)Sc1ccccc1N2C. The molecule has 0 spiro atoms. The third-order valence-electron chi connectivity index (χ3n) is 3.48. The number of hydrogen-bond donors (Lipinski definition) is 0. The molecule has 19 heavy (non-hydrogen) atoms. The zero-order valence-corrected chi connectivity index (χ0v) is 12.5.